The monoisotopic (exact) mass is 283 g/mol. The van der Waals surface area contributed by atoms with Gasteiger partial charge >= 0.3 is 5.97 Å². The number of rotatable bonds is 4. The molecule has 0 aromatic heterocycles. The van der Waals surface area contributed by atoms with E-state index < -0.39 is 5.97 Å². The van der Waals surface area contributed by atoms with Gasteiger partial charge in [0.25, 0.3) is 0 Å². The van der Waals surface area contributed by atoms with Gasteiger partial charge in [-0.2, -0.15) is 0 Å². The summed E-state index contributed by atoms with van der Waals surface area (Å²) in [5, 5.41) is 20.9. The molecule has 0 saturated heterocycles. The zero-order valence-corrected chi connectivity index (χ0v) is 11.9. The van der Waals surface area contributed by atoms with E-state index in [0.29, 0.717) is 11.4 Å². The van der Waals surface area contributed by atoms with Gasteiger partial charge in [-0.15, -0.1) is 11.8 Å². The average molecular weight is 283 g/mol. The zero-order valence-electron chi connectivity index (χ0n) is 11.1. The highest BCUT2D eigenvalue weighted by Crippen LogP contribution is 2.24. The Kier molecular flexibility index (Phi) is 4.83. The van der Waals surface area contributed by atoms with Crippen molar-refractivity contribution in [3.05, 3.63) is 23.8 Å². The van der Waals surface area contributed by atoms with E-state index in [0.717, 1.165) is 0 Å². The van der Waals surface area contributed by atoms with Crippen LogP contribution in [0.2, 0.25) is 0 Å². The largest absolute Gasteiger partial charge is 0.507 e. The Morgan fingerprint density at radius 1 is 1.32 bits per heavy atom. The Balaban J connectivity index is 2.65. The van der Waals surface area contributed by atoms with E-state index in [-0.39, 0.29) is 22.0 Å². The second-order valence-corrected chi connectivity index (χ2v) is 6.79. The molecule has 0 aliphatic carbocycles. The molecule has 1 amide bonds. The lowest BCUT2D eigenvalue weighted by atomic mass is 10.2. The number of carboxylic acids is 1. The van der Waals surface area contributed by atoms with E-state index in [2.05, 4.69) is 5.32 Å². The van der Waals surface area contributed by atoms with E-state index >= 15 is 0 Å². The van der Waals surface area contributed by atoms with Crippen LogP contribution in [0, 0.1) is 0 Å². The third-order valence-corrected chi connectivity index (χ3v) is 3.42. The van der Waals surface area contributed by atoms with Crippen LogP contribution in [-0.2, 0) is 4.79 Å². The minimum atomic E-state index is -1.21. The maximum Gasteiger partial charge on any atom is 0.339 e. The van der Waals surface area contributed by atoms with Crippen LogP contribution in [0.15, 0.2) is 18.2 Å². The molecular formula is C13H17NO4S. The molecule has 0 unspecified atom stereocenters. The second-order valence-electron chi connectivity index (χ2n) is 4.99. The van der Waals surface area contributed by atoms with Crippen LogP contribution < -0.4 is 5.32 Å². The van der Waals surface area contributed by atoms with Gasteiger partial charge in [0, 0.05) is 16.5 Å². The highest BCUT2D eigenvalue weighted by molar-refractivity contribution is 8.01. The molecule has 0 bridgehead atoms. The molecule has 0 saturated carbocycles. The highest BCUT2D eigenvalue weighted by Gasteiger charge is 2.14. The molecule has 0 aliphatic heterocycles. The summed E-state index contributed by atoms with van der Waals surface area (Å²) in [6.45, 7) is 6.04. The third-order valence-electron chi connectivity index (χ3n) is 2.15. The van der Waals surface area contributed by atoms with E-state index in [4.69, 9.17) is 5.11 Å². The predicted octanol–water partition coefficient (Wildman–Crippen LogP) is 2.56. The molecule has 19 heavy (non-hydrogen) atoms. The zero-order chi connectivity index (χ0) is 14.6. The summed E-state index contributed by atoms with van der Waals surface area (Å²) in [7, 11) is 0. The fraction of sp³-hybridized carbons (Fsp3) is 0.385. The first-order valence-electron chi connectivity index (χ1n) is 5.69. The van der Waals surface area contributed by atoms with Crippen LogP contribution in [-0.4, -0.2) is 32.6 Å². The number of amides is 1. The first kappa shape index (κ1) is 15.4. The number of thioether (sulfide) groups is 1. The summed E-state index contributed by atoms with van der Waals surface area (Å²) in [5.41, 5.74) is 0.184. The van der Waals surface area contributed by atoms with Crippen molar-refractivity contribution < 1.29 is 19.8 Å². The summed E-state index contributed by atoms with van der Waals surface area (Å²) < 4.78 is -0.00730. The van der Waals surface area contributed by atoms with Crippen molar-refractivity contribution in [1.29, 1.82) is 0 Å². The van der Waals surface area contributed by atoms with Gasteiger partial charge in [0.1, 0.15) is 11.3 Å². The second kappa shape index (κ2) is 5.97. The van der Waals surface area contributed by atoms with E-state index in [1.54, 1.807) is 0 Å². The van der Waals surface area contributed by atoms with Crippen LogP contribution in [0.4, 0.5) is 5.69 Å². The van der Waals surface area contributed by atoms with Crippen molar-refractivity contribution in [2.75, 3.05) is 11.1 Å². The maximum atomic E-state index is 11.7. The van der Waals surface area contributed by atoms with Gasteiger partial charge in [-0.25, -0.2) is 4.79 Å². The van der Waals surface area contributed by atoms with Gasteiger partial charge in [0.15, 0.2) is 0 Å². The van der Waals surface area contributed by atoms with Crippen molar-refractivity contribution in [3.63, 3.8) is 0 Å². The van der Waals surface area contributed by atoms with Crippen molar-refractivity contribution in [1.82, 2.24) is 0 Å². The lowest BCUT2D eigenvalue weighted by Crippen LogP contribution is -2.18. The Morgan fingerprint density at radius 3 is 2.42 bits per heavy atom. The number of carbonyl (C=O) groups is 2. The molecular weight excluding hydrogens is 266 g/mol. The van der Waals surface area contributed by atoms with Gasteiger partial charge in [-0.3, -0.25) is 4.79 Å². The number of carboxylic acid groups (broad SMARTS) is 1. The summed E-state index contributed by atoms with van der Waals surface area (Å²) in [4.78, 5) is 22.4. The molecule has 5 nitrogen and oxygen atoms in total. The molecule has 104 valence electrons. The van der Waals surface area contributed by atoms with Crippen molar-refractivity contribution in [3.8, 4) is 5.75 Å². The highest BCUT2D eigenvalue weighted by atomic mass is 32.2. The van der Waals surface area contributed by atoms with Crippen LogP contribution in [0.5, 0.6) is 5.75 Å². The average Bonchev–Trinajstić information content (AvgIpc) is 2.25. The van der Waals surface area contributed by atoms with Crippen LogP contribution >= 0.6 is 11.8 Å². The molecule has 0 atom stereocenters. The molecule has 0 fully saturated rings. The number of hydrogen-bond acceptors (Lipinski definition) is 4. The minimum absolute atomic E-state index is 0.00730. The number of phenols is 1. The van der Waals surface area contributed by atoms with Gasteiger partial charge in [-0.1, -0.05) is 20.8 Å². The number of aromatic carboxylic acids is 1. The summed E-state index contributed by atoms with van der Waals surface area (Å²) in [6.07, 6.45) is 0. The molecule has 0 spiro atoms. The summed E-state index contributed by atoms with van der Waals surface area (Å²) in [5.74, 6) is -1.47. The predicted molar refractivity (Wildman–Crippen MR) is 75.9 cm³/mol. The summed E-state index contributed by atoms with van der Waals surface area (Å²) in [6, 6.07) is 3.93. The summed E-state index contributed by atoms with van der Waals surface area (Å²) >= 11 is 1.50. The fourth-order valence-electron chi connectivity index (χ4n) is 1.27. The van der Waals surface area contributed by atoms with Crippen molar-refractivity contribution in [2.24, 2.45) is 0 Å². The third kappa shape index (κ3) is 5.21. The molecule has 1 aromatic carbocycles. The Bertz CT molecular complexity index is 494. The molecule has 1 aromatic rings. The van der Waals surface area contributed by atoms with Gasteiger partial charge in [0.05, 0.1) is 5.75 Å². The van der Waals surface area contributed by atoms with Crippen LogP contribution in [0.1, 0.15) is 31.1 Å². The molecule has 6 heteroatoms. The van der Waals surface area contributed by atoms with Crippen molar-refractivity contribution >= 4 is 29.3 Å². The van der Waals surface area contributed by atoms with Gasteiger partial charge < -0.3 is 15.5 Å². The first-order chi connectivity index (χ1) is 8.69. The lowest BCUT2D eigenvalue weighted by Gasteiger charge is -2.17. The number of anilines is 1. The van der Waals surface area contributed by atoms with E-state index in [1.165, 1.54) is 30.0 Å². The smallest absolute Gasteiger partial charge is 0.339 e. The standard InChI is InChI=1S/C13H17NO4S/c1-13(2,3)19-7-11(16)14-8-4-5-9(12(17)18)10(15)6-8/h4-6,15H,7H2,1-3H3,(H,14,16)(H,17,18). The van der Waals surface area contributed by atoms with Crippen LogP contribution in [0.3, 0.4) is 0 Å². The Labute approximate surface area is 116 Å². The van der Waals surface area contributed by atoms with Crippen molar-refractivity contribution in [2.45, 2.75) is 25.5 Å². The Hall–Kier alpha value is -1.69. The first-order valence-corrected chi connectivity index (χ1v) is 6.68. The molecule has 0 radical (unpaired) electrons. The maximum absolute atomic E-state index is 11.7. The normalized spacial score (nSPS) is 11.1. The fourth-order valence-corrected chi connectivity index (χ4v) is 1.91. The quantitative estimate of drug-likeness (QED) is 0.790. The topological polar surface area (TPSA) is 86.6 Å². The lowest BCUT2D eigenvalue weighted by molar-refractivity contribution is -0.113. The number of aromatic hydroxyl groups is 1. The molecule has 1 rings (SSSR count). The van der Waals surface area contributed by atoms with Gasteiger partial charge in [0.2, 0.25) is 5.91 Å². The number of hydrogen-bond donors (Lipinski definition) is 3. The molecule has 0 heterocycles. The Morgan fingerprint density at radius 2 is 1.95 bits per heavy atom. The van der Waals surface area contributed by atoms with Crippen LogP contribution in [0.25, 0.3) is 0 Å². The van der Waals surface area contributed by atoms with E-state index in [9.17, 15) is 14.7 Å². The minimum Gasteiger partial charge on any atom is -0.507 e. The number of carbonyl (C=O) groups excluding carboxylic acids is 1. The molecule has 3 N–H and O–H groups in total. The SMILES string of the molecule is CC(C)(C)SCC(=O)Nc1ccc(C(=O)O)c(O)c1. The number of benzene rings is 1. The molecule has 0 aliphatic rings. The van der Waals surface area contributed by atoms with E-state index in [1.807, 2.05) is 20.8 Å². The number of nitrogens with one attached hydrogen (secondary N) is 1. The van der Waals surface area contributed by atoms with Gasteiger partial charge in [-0.05, 0) is 12.1 Å².